The van der Waals surface area contributed by atoms with Crippen molar-refractivity contribution < 1.29 is 0 Å². The van der Waals surface area contributed by atoms with Gasteiger partial charge in [0.15, 0.2) is 5.65 Å². The summed E-state index contributed by atoms with van der Waals surface area (Å²) in [7, 11) is 0. The third-order valence-electron chi connectivity index (χ3n) is 3.92. The molecule has 1 saturated carbocycles. The van der Waals surface area contributed by atoms with Crippen LogP contribution in [0.3, 0.4) is 0 Å². The minimum atomic E-state index is 0.158. The Morgan fingerprint density at radius 2 is 1.94 bits per heavy atom. The molecule has 2 aromatic rings. The van der Waals surface area contributed by atoms with Crippen molar-refractivity contribution in [3.8, 4) is 0 Å². The third kappa shape index (κ3) is 1.68. The lowest BCUT2D eigenvalue weighted by molar-refractivity contribution is 0.302. The molecule has 2 heterocycles. The highest BCUT2D eigenvalue weighted by molar-refractivity contribution is 5.47. The summed E-state index contributed by atoms with van der Waals surface area (Å²) in [5, 5.41) is 8.63. The Morgan fingerprint density at radius 3 is 2.71 bits per heavy atom. The lowest BCUT2D eigenvalue weighted by Crippen LogP contribution is -2.27. The van der Waals surface area contributed by atoms with Crippen molar-refractivity contribution in [2.75, 3.05) is 5.73 Å². The zero-order valence-corrected chi connectivity index (χ0v) is 10.2. The van der Waals surface area contributed by atoms with Gasteiger partial charge in [-0.25, -0.2) is 0 Å². The van der Waals surface area contributed by atoms with Crippen LogP contribution >= 0.6 is 0 Å². The molecule has 3 rings (SSSR count). The molecule has 2 aromatic heterocycles. The van der Waals surface area contributed by atoms with E-state index in [-0.39, 0.29) is 5.41 Å². The summed E-state index contributed by atoms with van der Waals surface area (Å²) in [6, 6.07) is 3.80. The number of aromatic nitrogens is 3. The molecule has 4 heteroatoms. The topological polar surface area (TPSA) is 56.2 Å². The number of nitrogens with zero attached hydrogens (tertiary/aromatic N) is 3. The zero-order valence-electron chi connectivity index (χ0n) is 10.2. The van der Waals surface area contributed by atoms with E-state index < -0.39 is 0 Å². The second kappa shape index (κ2) is 3.72. The number of nitrogens with two attached hydrogens (primary N) is 1. The SMILES string of the molecule is CC1(c2nnc3ccc(N)cn23)CCCCC1. The highest BCUT2D eigenvalue weighted by Crippen LogP contribution is 2.38. The number of hydrogen-bond donors (Lipinski definition) is 1. The fourth-order valence-corrected chi connectivity index (χ4v) is 2.87. The number of pyridine rings is 1. The molecule has 1 aliphatic rings. The van der Waals surface area contributed by atoms with Crippen molar-refractivity contribution in [1.29, 1.82) is 0 Å². The first kappa shape index (κ1) is 10.6. The molecule has 0 aliphatic heterocycles. The van der Waals surface area contributed by atoms with Gasteiger partial charge in [-0.2, -0.15) is 0 Å². The molecule has 1 fully saturated rings. The lowest BCUT2D eigenvalue weighted by Gasteiger charge is -2.31. The highest BCUT2D eigenvalue weighted by Gasteiger charge is 2.33. The van der Waals surface area contributed by atoms with Crippen LogP contribution in [0.2, 0.25) is 0 Å². The highest BCUT2D eigenvalue weighted by atomic mass is 15.3. The van der Waals surface area contributed by atoms with Crippen LogP contribution < -0.4 is 5.73 Å². The van der Waals surface area contributed by atoms with E-state index in [1.807, 2.05) is 18.3 Å². The summed E-state index contributed by atoms with van der Waals surface area (Å²) in [6.45, 7) is 2.30. The van der Waals surface area contributed by atoms with Gasteiger partial charge >= 0.3 is 0 Å². The van der Waals surface area contributed by atoms with E-state index in [9.17, 15) is 0 Å². The Labute approximate surface area is 101 Å². The van der Waals surface area contributed by atoms with Gasteiger partial charge in [-0.15, -0.1) is 10.2 Å². The normalized spacial score (nSPS) is 19.6. The van der Waals surface area contributed by atoms with Crippen molar-refractivity contribution in [2.24, 2.45) is 0 Å². The molecule has 0 aromatic carbocycles. The standard InChI is InChI=1S/C13H18N4/c1-13(7-3-2-4-8-13)12-16-15-11-6-5-10(14)9-17(11)12/h5-6,9H,2-4,7-8,14H2,1H3. The van der Waals surface area contributed by atoms with E-state index in [1.165, 1.54) is 32.1 Å². The van der Waals surface area contributed by atoms with E-state index in [0.29, 0.717) is 0 Å². The van der Waals surface area contributed by atoms with Crippen molar-refractivity contribution in [3.05, 3.63) is 24.2 Å². The fraction of sp³-hybridized carbons (Fsp3) is 0.538. The number of fused-ring (bicyclic) bond motifs is 1. The molecule has 0 bridgehead atoms. The van der Waals surface area contributed by atoms with E-state index >= 15 is 0 Å². The van der Waals surface area contributed by atoms with Gasteiger partial charge in [0.25, 0.3) is 0 Å². The second-order valence-corrected chi connectivity index (χ2v) is 5.34. The van der Waals surface area contributed by atoms with Crippen LogP contribution in [0.5, 0.6) is 0 Å². The number of nitrogen functional groups attached to an aromatic ring is 1. The average molecular weight is 230 g/mol. The molecule has 0 spiro atoms. The van der Waals surface area contributed by atoms with Gasteiger partial charge in [0, 0.05) is 17.3 Å². The van der Waals surface area contributed by atoms with Gasteiger partial charge in [-0.3, -0.25) is 4.40 Å². The largest absolute Gasteiger partial charge is 0.398 e. The number of rotatable bonds is 1. The molecule has 0 saturated heterocycles. The smallest absolute Gasteiger partial charge is 0.160 e. The van der Waals surface area contributed by atoms with Gasteiger partial charge in [0.2, 0.25) is 0 Å². The maximum atomic E-state index is 5.85. The molecule has 17 heavy (non-hydrogen) atoms. The summed E-state index contributed by atoms with van der Waals surface area (Å²) in [5.41, 5.74) is 7.66. The summed E-state index contributed by atoms with van der Waals surface area (Å²) >= 11 is 0. The van der Waals surface area contributed by atoms with E-state index in [1.54, 1.807) is 0 Å². The maximum Gasteiger partial charge on any atom is 0.160 e. The number of anilines is 1. The predicted octanol–water partition coefficient (Wildman–Crippen LogP) is 2.53. The quantitative estimate of drug-likeness (QED) is 0.819. The van der Waals surface area contributed by atoms with Gasteiger partial charge in [0.1, 0.15) is 5.82 Å². The summed E-state index contributed by atoms with van der Waals surface area (Å²) < 4.78 is 2.06. The van der Waals surface area contributed by atoms with Gasteiger partial charge < -0.3 is 5.73 Å². The van der Waals surface area contributed by atoms with Crippen LogP contribution in [0.25, 0.3) is 5.65 Å². The zero-order chi connectivity index (χ0) is 11.9. The third-order valence-corrected chi connectivity index (χ3v) is 3.92. The summed E-state index contributed by atoms with van der Waals surface area (Å²) in [6.07, 6.45) is 8.24. The van der Waals surface area contributed by atoms with Crippen molar-refractivity contribution in [3.63, 3.8) is 0 Å². The van der Waals surface area contributed by atoms with Crippen molar-refractivity contribution in [1.82, 2.24) is 14.6 Å². The lowest BCUT2D eigenvalue weighted by atomic mass is 9.75. The molecule has 4 nitrogen and oxygen atoms in total. The molecule has 2 N–H and O–H groups in total. The first-order valence-electron chi connectivity index (χ1n) is 6.30. The van der Waals surface area contributed by atoms with Gasteiger partial charge in [0.05, 0.1) is 0 Å². The van der Waals surface area contributed by atoms with E-state index in [4.69, 9.17) is 5.73 Å². The monoisotopic (exact) mass is 230 g/mol. The molecule has 0 radical (unpaired) electrons. The first-order chi connectivity index (χ1) is 8.19. The van der Waals surface area contributed by atoms with Crippen LogP contribution in [0.1, 0.15) is 44.9 Å². The van der Waals surface area contributed by atoms with Crippen LogP contribution in [0.4, 0.5) is 5.69 Å². The van der Waals surface area contributed by atoms with Gasteiger partial charge in [-0.1, -0.05) is 26.2 Å². The first-order valence-corrected chi connectivity index (χ1v) is 6.30. The summed E-state index contributed by atoms with van der Waals surface area (Å²) in [4.78, 5) is 0. The van der Waals surface area contributed by atoms with Crippen LogP contribution in [-0.4, -0.2) is 14.6 Å². The van der Waals surface area contributed by atoms with Crippen LogP contribution in [0.15, 0.2) is 18.3 Å². The Morgan fingerprint density at radius 1 is 1.18 bits per heavy atom. The Balaban J connectivity index is 2.13. The average Bonchev–Trinajstić information content (AvgIpc) is 2.73. The Kier molecular flexibility index (Phi) is 2.31. The Bertz CT molecular complexity index is 537. The molecule has 0 atom stereocenters. The fourth-order valence-electron chi connectivity index (χ4n) is 2.87. The predicted molar refractivity (Wildman–Crippen MR) is 67.8 cm³/mol. The summed E-state index contributed by atoms with van der Waals surface area (Å²) in [5.74, 6) is 1.07. The molecular weight excluding hydrogens is 212 g/mol. The van der Waals surface area contributed by atoms with Crippen molar-refractivity contribution in [2.45, 2.75) is 44.4 Å². The van der Waals surface area contributed by atoms with E-state index in [0.717, 1.165) is 17.2 Å². The molecule has 1 aliphatic carbocycles. The van der Waals surface area contributed by atoms with Gasteiger partial charge in [-0.05, 0) is 25.0 Å². The van der Waals surface area contributed by atoms with Crippen LogP contribution in [-0.2, 0) is 5.41 Å². The molecule has 0 amide bonds. The van der Waals surface area contributed by atoms with Crippen LogP contribution in [0, 0.1) is 0 Å². The molecule has 90 valence electrons. The number of hydrogen-bond acceptors (Lipinski definition) is 3. The Hall–Kier alpha value is -1.58. The second-order valence-electron chi connectivity index (χ2n) is 5.34. The molecular formula is C13H18N4. The van der Waals surface area contributed by atoms with Crippen molar-refractivity contribution >= 4 is 11.3 Å². The minimum Gasteiger partial charge on any atom is -0.398 e. The van der Waals surface area contributed by atoms with E-state index in [2.05, 4.69) is 21.5 Å². The minimum absolute atomic E-state index is 0.158. The maximum absolute atomic E-state index is 5.85. The molecule has 0 unspecified atom stereocenters.